The van der Waals surface area contributed by atoms with Gasteiger partial charge in [-0.25, -0.2) is 4.98 Å². The van der Waals surface area contributed by atoms with Gasteiger partial charge in [-0.3, -0.25) is 0 Å². The SMILES string of the molecule is CC(c1ccc(Br)cc1)n1ccnc1. The van der Waals surface area contributed by atoms with Crippen LogP contribution in [0.25, 0.3) is 0 Å². The van der Waals surface area contributed by atoms with Gasteiger partial charge in [0.15, 0.2) is 0 Å². The van der Waals surface area contributed by atoms with Crippen LogP contribution in [0.4, 0.5) is 0 Å². The van der Waals surface area contributed by atoms with Crippen LogP contribution in [0.2, 0.25) is 0 Å². The summed E-state index contributed by atoms with van der Waals surface area (Å²) in [7, 11) is 0. The average Bonchev–Trinajstić information content (AvgIpc) is 2.71. The van der Waals surface area contributed by atoms with E-state index in [2.05, 4.69) is 56.7 Å². The smallest absolute Gasteiger partial charge is 0.0951 e. The Bertz CT molecular complexity index is 392. The van der Waals surface area contributed by atoms with Crippen molar-refractivity contribution >= 4 is 15.9 Å². The van der Waals surface area contributed by atoms with Crippen LogP contribution in [0.1, 0.15) is 18.5 Å². The zero-order valence-corrected chi connectivity index (χ0v) is 9.48. The number of rotatable bonds is 2. The number of halogens is 1. The van der Waals surface area contributed by atoms with E-state index in [0.29, 0.717) is 6.04 Å². The average molecular weight is 251 g/mol. The Morgan fingerprint density at radius 2 is 2.00 bits per heavy atom. The fourth-order valence-corrected chi connectivity index (χ4v) is 1.68. The monoisotopic (exact) mass is 250 g/mol. The molecule has 0 bridgehead atoms. The molecule has 0 amide bonds. The van der Waals surface area contributed by atoms with Gasteiger partial charge in [0.2, 0.25) is 0 Å². The fourth-order valence-electron chi connectivity index (χ4n) is 1.41. The number of hydrogen-bond donors (Lipinski definition) is 0. The van der Waals surface area contributed by atoms with Gasteiger partial charge in [-0.2, -0.15) is 0 Å². The first-order chi connectivity index (χ1) is 6.77. The zero-order valence-electron chi connectivity index (χ0n) is 7.89. The Morgan fingerprint density at radius 3 is 2.57 bits per heavy atom. The van der Waals surface area contributed by atoms with Gasteiger partial charge in [-0.15, -0.1) is 0 Å². The number of nitrogens with zero attached hydrogens (tertiary/aromatic N) is 2. The third kappa shape index (κ3) is 1.87. The van der Waals surface area contributed by atoms with Crippen LogP contribution in [0, 0.1) is 0 Å². The molecular weight excluding hydrogens is 240 g/mol. The van der Waals surface area contributed by atoms with E-state index >= 15 is 0 Å². The standard InChI is InChI=1S/C11H11BrN2/c1-9(14-7-6-13-8-14)10-2-4-11(12)5-3-10/h2-9H,1H3. The molecule has 0 aliphatic rings. The molecule has 0 saturated carbocycles. The molecule has 1 aromatic carbocycles. The molecule has 0 saturated heterocycles. The maximum absolute atomic E-state index is 4.04. The van der Waals surface area contributed by atoms with Crippen LogP contribution >= 0.6 is 15.9 Å². The Hall–Kier alpha value is -1.09. The summed E-state index contributed by atoms with van der Waals surface area (Å²) in [6.45, 7) is 2.16. The van der Waals surface area contributed by atoms with Crippen LogP contribution in [0.5, 0.6) is 0 Å². The molecule has 72 valence electrons. The highest BCUT2D eigenvalue weighted by Gasteiger charge is 2.05. The predicted molar refractivity (Wildman–Crippen MR) is 60.2 cm³/mol. The Kier molecular flexibility index (Phi) is 2.68. The third-order valence-corrected chi connectivity index (χ3v) is 2.85. The number of hydrogen-bond acceptors (Lipinski definition) is 1. The predicted octanol–water partition coefficient (Wildman–Crippen LogP) is 3.25. The lowest BCUT2D eigenvalue weighted by Crippen LogP contribution is -2.03. The van der Waals surface area contributed by atoms with Crippen LogP contribution in [0.15, 0.2) is 47.5 Å². The summed E-state index contributed by atoms with van der Waals surface area (Å²) >= 11 is 3.42. The number of imidazole rings is 1. The Morgan fingerprint density at radius 1 is 1.29 bits per heavy atom. The maximum Gasteiger partial charge on any atom is 0.0951 e. The second-order valence-corrected chi connectivity index (χ2v) is 4.15. The second kappa shape index (κ2) is 3.96. The van der Waals surface area contributed by atoms with E-state index in [9.17, 15) is 0 Å². The molecule has 3 heteroatoms. The van der Waals surface area contributed by atoms with Crippen LogP contribution in [-0.4, -0.2) is 9.55 Å². The van der Waals surface area contributed by atoms with Crippen molar-refractivity contribution in [2.45, 2.75) is 13.0 Å². The first kappa shape index (κ1) is 9.46. The maximum atomic E-state index is 4.04. The fraction of sp³-hybridized carbons (Fsp3) is 0.182. The summed E-state index contributed by atoms with van der Waals surface area (Å²) in [6.07, 6.45) is 5.62. The molecule has 0 aliphatic heterocycles. The molecule has 1 aromatic heterocycles. The molecule has 0 radical (unpaired) electrons. The van der Waals surface area contributed by atoms with Crippen molar-refractivity contribution in [1.29, 1.82) is 0 Å². The normalized spacial score (nSPS) is 12.7. The summed E-state index contributed by atoms with van der Waals surface area (Å²) in [5.74, 6) is 0. The molecule has 0 spiro atoms. The minimum Gasteiger partial charge on any atom is -0.330 e. The number of benzene rings is 1. The van der Waals surface area contributed by atoms with E-state index in [1.165, 1.54) is 5.56 Å². The largest absolute Gasteiger partial charge is 0.330 e. The van der Waals surface area contributed by atoms with E-state index < -0.39 is 0 Å². The minimum absolute atomic E-state index is 0.339. The molecule has 2 nitrogen and oxygen atoms in total. The lowest BCUT2D eigenvalue weighted by Gasteiger charge is -2.13. The van der Waals surface area contributed by atoms with Gasteiger partial charge in [0.25, 0.3) is 0 Å². The van der Waals surface area contributed by atoms with Gasteiger partial charge in [0.1, 0.15) is 0 Å². The van der Waals surface area contributed by atoms with Crippen LogP contribution in [0.3, 0.4) is 0 Å². The highest BCUT2D eigenvalue weighted by Crippen LogP contribution is 2.19. The lowest BCUT2D eigenvalue weighted by atomic mass is 10.1. The first-order valence-corrected chi connectivity index (χ1v) is 5.29. The second-order valence-electron chi connectivity index (χ2n) is 3.24. The summed E-state index contributed by atoms with van der Waals surface area (Å²) in [6, 6.07) is 8.69. The van der Waals surface area contributed by atoms with Crippen molar-refractivity contribution in [2.75, 3.05) is 0 Å². The molecule has 0 N–H and O–H groups in total. The quantitative estimate of drug-likeness (QED) is 0.801. The molecule has 14 heavy (non-hydrogen) atoms. The molecule has 0 fully saturated rings. The molecule has 2 rings (SSSR count). The molecular formula is C11H11BrN2. The molecule has 1 atom stereocenters. The third-order valence-electron chi connectivity index (χ3n) is 2.32. The van der Waals surface area contributed by atoms with E-state index in [1.807, 2.05) is 12.5 Å². The van der Waals surface area contributed by atoms with Gasteiger partial charge >= 0.3 is 0 Å². The highest BCUT2D eigenvalue weighted by molar-refractivity contribution is 9.10. The summed E-state index contributed by atoms with van der Waals surface area (Å²) in [5.41, 5.74) is 1.28. The molecule has 2 aromatic rings. The van der Waals surface area contributed by atoms with Crippen molar-refractivity contribution < 1.29 is 0 Å². The van der Waals surface area contributed by atoms with E-state index in [1.54, 1.807) is 6.20 Å². The van der Waals surface area contributed by atoms with Crippen LogP contribution < -0.4 is 0 Å². The van der Waals surface area contributed by atoms with Gasteiger partial charge < -0.3 is 4.57 Å². The Balaban J connectivity index is 2.28. The lowest BCUT2D eigenvalue weighted by molar-refractivity contribution is 0.638. The van der Waals surface area contributed by atoms with Crippen molar-refractivity contribution in [3.05, 3.63) is 53.0 Å². The first-order valence-electron chi connectivity index (χ1n) is 4.50. The van der Waals surface area contributed by atoms with Crippen molar-refractivity contribution in [2.24, 2.45) is 0 Å². The van der Waals surface area contributed by atoms with Gasteiger partial charge in [0, 0.05) is 16.9 Å². The molecule has 0 aliphatic carbocycles. The van der Waals surface area contributed by atoms with E-state index in [4.69, 9.17) is 0 Å². The molecule has 1 heterocycles. The summed E-state index contributed by atoms with van der Waals surface area (Å²) in [5, 5.41) is 0. The van der Waals surface area contributed by atoms with Crippen molar-refractivity contribution in [1.82, 2.24) is 9.55 Å². The van der Waals surface area contributed by atoms with Gasteiger partial charge in [-0.1, -0.05) is 28.1 Å². The zero-order chi connectivity index (χ0) is 9.97. The molecule has 1 unspecified atom stereocenters. The van der Waals surface area contributed by atoms with Gasteiger partial charge in [-0.05, 0) is 24.6 Å². The topological polar surface area (TPSA) is 17.8 Å². The van der Waals surface area contributed by atoms with Gasteiger partial charge in [0.05, 0.1) is 12.4 Å². The van der Waals surface area contributed by atoms with Crippen LogP contribution in [-0.2, 0) is 0 Å². The minimum atomic E-state index is 0.339. The van der Waals surface area contributed by atoms with E-state index in [-0.39, 0.29) is 0 Å². The summed E-state index contributed by atoms with van der Waals surface area (Å²) in [4.78, 5) is 4.04. The van der Waals surface area contributed by atoms with Crippen molar-refractivity contribution in [3.63, 3.8) is 0 Å². The van der Waals surface area contributed by atoms with Crippen molar-refractivity contribution in [3.8, 4) is 0 Å². The van der Waals surface area contributed by atoms with E-state index in [0.717, 1.165) is 4.47 Å². The highest BCUT2D eigenvalue weighted by atomic mass is 79.9. The Labute approximate surface area is 91.7 Å². The number of aromatic nitrogens is 2. The summed E-state index contributed by atoms with van der Waals surface area (Å²) < 4.78 is 3.20.